The molecule has 0 saturated carbocycles. The summed E-state index contributed by atoms with van der Waals surface area (Å²) in [5.74, 6) is 0.481. The fourth-order valence-corrected chi connectivity index (χ4v) is 3.03. The smallest absolute Gasteiger partial charge is 0.302 e. The van der Waals surface area contributed by atoms with Crippen molar-refractivity contribution < 1.29 is 18.1 Å². The second-order valence-corrected chi connectivity index (χ2v) is 6.20. The highest BCUT2D eigenvalue weighted by Crippen LogP contribution is 2.31. The number of halogens is 3. The van der Waals surface area contributed by atoms with Crippen molar-refractivity contribution in [3.63, 3.8) is 0 Å². The SMILES string of the molecule is CCn1c(Sc2ccc(C(F)(F)F)nn2)nnc1-c1ccc([N+](=O)[O-])cc1. The third-order valence-corrected chi connectivity index (χ3v) is 4.41. The zero-order valence-corrected chi connectivity index (χ0v) is 14.5. The van der Waals surface area contributed by atoms with Crippen molar-refractivity contribution >= 4 is 17.4 Å². The van der Waals surface area contributed by atoms with Crippen LogP contribution >= 0.6 is 11.8 Å². The molecule has 8 nitrogen and oxygen atoms in total. The Balaban J connectivity index is 1.86. The maximum atomic E-state index is 12.6. The van der Waals surface area contributed by atoms with Crippen molar-refractivity contribution in [2.24, 2.45) is 0 Å². The molecule has 0 unspecified atom stereocenters. The first-order valence-electron chi connectivity index (χ1n) is 7.56. The lowest BCUT2D eigenvalue weighted by Gasteiger charge is -2.07. The lowest BCUT2D eigenvalue weighted by atomic mass is 10.2. The number of benzene rings is 1. The van der Waals surface area contributed by atoms with Crippen LogP contribution in [0.1, 0.15) is 12.6 Å². The highest BCUT2D eigenvalue weighted by atomic mass is 32.2. The normalized spacial score (nSPS) is 11.6. The van der Waals surface area contributed by atoms with E-state index in [2.05, 4.69) is 20.4 Å². The number of rotatable bonds is 5. The van der Waals surface area contributed by atoms with Crippen LogP contribution in [0.25, 0.3) is 11.4 Å². The van der Waals surface area contributed by atoms with Crippen LogP contribution in [-0.4, -0.2) is 29.9 Å². The Labute approximate surface area is 154 Å². The molecule has 0 aliphatic carbocycles. The first-order chi connectivity index (χ1) is 12.8. The minimum atomic E-state index is -4.55. The third kappa shape index (κ3) is 4.05. The van der Waals surface area contributed by atoms with Crippen LogP contribution in [-0.2, 0) is 12.7 Å². The maximum absolute atomic E-state index is 12.6. The van der Waals surface area contributed by atoms with Crippen LogP contribution in [0.15, 0.2) is 46.6 Å². The van der Waals surface area contributed by atoms with Crippen LogP contribution in [0.3, 0.4) is 0 Å². The van der Waals surface area contributed by atoms with Gasteiger partial charge in [-0.1, -0.05) is 0 Å². The molecule has 0 N–H and O–H groups in total. The van der Waals surface area contributed by atoms with E-state index in [1.165, 1.54) is 18.2 Å². The standard InChI is InChI=1S/C15H11F3N6O2S/c1-2-23-13(9-3-5-10(6-4-9)24(25)26)21-22-14(23)27-12-8-7-11(19-20-12)15(16,17)18/h3-8H,2H2,1H3. The highest BCUT2D eigenvalue weighted by molar-refractivity contribution is 7.99. The summed E-state index contributed by atoms with van der Waals surface area (Å²) in [6.45, 7) is 2.33. The van der Waals surface area contributed by atoms with Gasteiger partial charge in [0.25, 0.3) is 5.69 Å². The van der Waals surface area contributed by atoms with E-state index in [0.29, 0.717) is 23.1 Å². The molecule has 140 valence electrons. The number of alkyl halides is 3. The second-order valence-electron chi connectivity index (χ2n) is 5.21. The van der Waals surface area contributed by atoms with Gasteiger partial charge >= 0.3 is 6.18 Å². The van der Waals surface area contributed by atoms with Gasteiger partial charge in [-0.15, -0.1) is 20.4 Å². The summed E-state index contributed by atoms with van der Waals surface area (Å²) in [6.07, 6.45) is -4.55. The molecule has 1 aromatic carbocycles. The van der Waals surface area contributed by atoms with Gasteiger partial charge in [0, 0.05) is 24.2 Å². The Morgan fingerprint density at radius 1 is 1.07 bits per heavy atom. The number of hydrogen-bond acceptors (Lipinski definition) is 7. The topological polar surface area (TPSA) is 99.6 Å². The van der Waals surface area contributed by atoms with Gasteiger partial charge in [0.1, 0.15) is 5.03 Å². The summed E-state index contributed by atoms with van der Waals surface area (Å²) in [5.41, 5.74) is -0.494. The van der Waals surface area contributed by atoms with Gasteiger partial charge in [-0.05, 0) is 43.0 Å². The zero-order valence-electron chi connectivity index (χ0n) is 13.7. The third-order valence-electron chi connectivity index (χ3n) is 3.50. The van der Waals surface area contributed by atoms with Gasteiger partial charge in [0.05, 0.1) is 4.92 Å². The van der Waals surface area contributed by atoms with Crippen molar-refractivity contribution in [2.45, 2.75) is 29.8 Å². The van der Waals surface area contributed by atoms with E-state index in [1.807, 2.05) is 6.92 Å². The number of nitrogens with zero attached hydrogens (tertiary/aromatic N) is 6. The molecular formula is C15H11F3N6O2S. The monoisotopic (exact) mass is 396 g/mol. The first-order valence-corrected chi connectivity index (χ1v) is 8.38. The van der Waals surface area contributed by atoms with Gasteiger partial charge in [-0.2, -0.15) is 13.2 Å². The summed E-state index contributed by atoms with van der Waals surface area (Å²) in [5, 5.41) is 26.3. The molecule has 3 aromatic rings. The Kier molecular flexibility index (Phi) is 5.08. The van der Waals surface area contributed by atoms with Crippen LogP contribution in [0.5, 0.6) is 0 Å². The molecule has 0 saturated heterocycles. The van der Waals surface area contributed by atoms with E-state index >= 15 is 0 Å². The second kappa shape index (κ2) is 7.31. The van der Waals surface area contributed by atoms with Crippen molar-refractivity contribution in [1.82, 2.24) is 25.0 Å². The fourth-order valence-electron chi connectivity index (χ4n) is 2.21. The number of non-ortho nitro benzene ring substituents is 1. The average Bonchev–Trinajstić information content (AvgIpc) is 3.04. The van der Waals surface area contributed by atoms with Crippen molar-refractivity contribution in [3.8, 4) is 11.4 Å². The lowest BCUT2D eigenvalue weighted by Crippen LogP contribution is -2.09. The fraction of sp³-hybridized carbons (Fsp3) is 0.200. The molecule has 0 aliphatic rings. The molecule has 0 spiro atoms. The largest absolute Gasteiger partial charge is 0.435 e. The predicted octanol–water partition coefficient (Wildman–Crippen LogP) is 3.83. The molecular weight excluding hydrogens is 385 g/mol. The van der Waals surface area contributed by atoms with E-state index in [-0.39, 0.29) is 10.7 Å². The number of nitro groups is 1. The van der Waals surface area contributed by atoms with Crippen LogP contribution in [0, 0.1) is 10.1 Å². The van der Waals surface area contributed by atoms with E-state index in [0.717, 1.165) is 17.8 Å². The molecule has 2 heterocycles. The average molecular weight is 396 g/mol. The van der Waals surface area contributed by atoms with Crippen LogP contribution in [0.2, 0.25) is 0 Å². The van der Waals surface area contributed by atoms with Crippen molar-refractivity contribution in [1.29, 1.82) is 0 Å². The van der Waals surface area contributed by atoms with Gasteiger partial charge in [0.15, 0.2) is 16.7 Å². The Morgan fingerprint density at radius 3 is 2.30 bits per heavy atom. The molecule has 27 heavy (non-hydrogen) atoms. The quantitative estimate of drug-likeness (QED) is 0.477. The van der Waals surface area contributed by atoms with E-state index in [9.17, 15) is 23.3 Å². The van der Waals surface area contributed by atoms with E-state index < -0.39 is 16.8 Å². The molecule has 0 atom stereocenters. The predicted molar refractivity (Wildman–Crippen MR) is 88.9 cm³/mol. The summed E-state index contributed by atoms with van der Waals surface area (Å²) in [4.78, 5) is 10.2. The van der Waals surface area contributed by atoms with Gasteiger partial charge < -0.3 is 4.57 Å². The van der Waals surface area contributed by atoms with Gasteiger partial charge in [-0.3, -0.25) is 10.1 Å². The summed E-state index contributed by atoms with van der Waals surface area (Å²) in [7, 11) is 0. The molecule has 2 aromatic heterocycles. The van der Waals surface area contributed by atoms with Crippen molar-refractivity contribution in [3.05, 3.63) is 52.2 Å². The molecule has 0 fully saturated rings. The molecule has 0 aliphatic heterocycles. The Hall–Kier alpha value is -3.02. The first kappa shape index (κ1) is 18.8. The highest BCUT2D eigenvalue weighted by Gasteiger charge is 2.33. The Morgan fingerprint density at radius 2 is 1.78 bits per heavy atom. The Bertz CT molecular complexity index is 957. The van der Waals surface area contributed by atoms with Gasteiger partial charge in [-0.25, -0.2) is 0 Å². The molecule has 0 bridgehead atoms. The lowest BCUT2D eigenvalue weighted by molar-refractivity contribution is -0.384. The molecule has 3 rings (SSSR count). The summed E-state index contributed by atoms with van der Waals surface area (Å²) < 4.78 is 39.4. The summed E-state index contributed by atoms with van der Waals surface area (Å²) in [6, 6.07) is 7.89. The van der Waals surface area contributed by atoms with Crippen LogP contribution in [0.4, 0.5) is 18.9 Å². The number of hydrogen-bond donors (Lipinski definition) is 0. The minimum Gasteiger partial charge on any atom is -0.302 e. The number of aromatic nitrogens is 5. The zero-order chi connectivity index (χ0) is 19.6. The van der Waals surface area contributed by atoms with Gasteiger partial charge in [0.2, 0.25) is 0 Å². The maximum Gasteiger partial charge on any atom is 0.435 e. The van der Waals surface area contributed by atoms with E-state index in [1.54, 1.807) is 16.7 Å². The molecule has 0 radical (unpaired) electrons. The molecule has 12 heteroatoms. The molecule has 0 amide bonds. The minimum absolute atomic E-state index is 0.0454. The van der Waals surface area contributed by atoms with Crippen molar-refractivity contribution in [2.75, 3.05) is 0 Å². The van der Waals surface area contributed by atoms with E-state index in [4.69, 9.17) is 0 Å². The number of nitro benzene ring substituents is 1. The van der Waals surface area contributed by atoms with Crippen LogP contribution < -0.4 is 0 Å². The summed E-state index contributed by atoms with van der Waals surface area (Å²) >= 11 is 1.02.